The molecule has 138 valence electrons. The Kier molecular flexibility index (Phi) is 5.87. The molecular formula is C19H18ClF2NO2S. The second-order valence-corrected chi connectivity index (χ2v) is 8.05. The number of aliphatic hydroxyl groups is 1. The average Bonchev–Trinajstić information content (AvgIpc) is 2.96. The molecule has 0 fully saturated rings. The van der Waals surface area contributed by atoms with Gasteiger partial charge >= 0.3 is 0 Å². The topological polar surface area (TPSA) is 59.1 Å². The normalized spacial score (nSPS) is 13.9. The van der Waals surface area contributed by atoms with E-state index in [1.807, 2.05) is 0 Å². The van der Waals surface area contributed by atoms with Crippen LogP contribution in [0.3, 0.4) is 0 Å². The van der Waals surface area contributed by atoms with Crippen molar-refractivity contribution in [1.29, 1.82) is 0 Å². The second kappa shape index (κ2) is 7.96. The van der Waals surface area contributed by atoms with Gasteiger partial charge in [-0.1, -0.05) is 28.8 Å². The van der Waals surface area contributed by atoms with Crippen molar-refractivity contribution in [1.82, 2.24) is 4.98 Å². The number of rotatable bonds is 6. The first-order chi connectivity index (χ1) is 12.4. The molecule has 0 radical (unpaired) electrons. The molecule has 0 bridgehead atoms. The fraction of sp³-hybridized carbons (Fsp3) is 0.263. The van der Waals surface area contributed by atoms with Crippen molar-refractivity contribution in [2.24, 2.45) is 0 Å². The van der Waals surface area contributed by atoms with E-state index in [0.717, 1.165) is 0 Å². The lowest BCUT2D eigenvalue weighted by Crippen LogP contribution is -2.06. The summed E-state index contributed by atoms with van der Waals surface area (Å²) in [6, 6.07) is 7.13. The van der Waals surface area contributed by atoms with Gasteiger partial charge in [-0.25, -0.2) is 8.78 Å². The highest BCUT2D eigenvalue weighted by Gasteiger charge is 2.23. The van der Waals surface area contributed by atoms with Crippen molar-refractivity contribution in [2.45, 2.75) is 18.1 Å². The zero-order valence-electron chi connectivity index (χ0n) is 14.1. The Balaban J connectivity index is 2.16. The molecule has 2 N–H and O–H groups in total. The molecule has 3 aromatic rings. The zero-order valence-corrected chi connectivity index (χ0v) is 15.6. The Morgan fingerprint density at radius 1 is 1.23 bits per heavy atom. The number of aromatic nitrogens is 1. The van der Waals surface area contributed by atoms with Crippen molar-refractivity contribution < 1.29 is 18.4 Å². The summed E-state index contributed by atoms with van der Waals surface area (Å²) in [7, 11) is 0. The standard InChI is InChI=1S/C19H18ClF2NO2S/c1-26(25)10-11-6-13(21)8-16-17(9-23-19(11)16)14(4-5-24)15-3-2-12(20)7-18(15)22/h2-3,6-9,14,23-24H,4-5,10H2,1H3. The van der Waals surface area contributed by atoms with Crippen LogP contribution in [0.4, 0.5) is 8.78 Å². The number of benzene rings is 2. The molecule has 1 aromatic heterocycles. The maximum absolute atomic E-state index is 14.5. The third-order valence-electron chi connectivity index (χ3n) is 4.36. The number of aliphatic hydroxyl groups excluding tert-OH is 1. The Bertz CT molecular complexity index is 929. The van der Waals surface area contributed by atoms with Crippen molar-refractivity contribution in [3.05, 3.63) is 69.9 Å². The third kappa shape index (κ3) is 3.88. The molecule has 2 aromatic carbocycles. The van der Waals surface area contributed by atoms with Crippen LogP contribution < -0.4 is 0 Å². The molecule has 1 heterocycles. The fourth-order valence-corrected chi connectivity index (χ4v) is 4.13. The van der Waals surface area contributed by atoms with Crippen LogP contribution in [0.5, 0.6) is 0 Å². The van der Waals surface area contributed by atoms with Crippen molar-refractivity contribution >= 4 is 33.7 Å². The van der Waals surface area contributed by atoms with E-state index >= 15 is 0 Å². The molecule has 2 unspecified atom stereocenters. The van der Waals surface area contributed by atoms with Gasteiger partial charge in [0, 0.05) is 34.7 Å². The first-order valence-electron chi connectivity index (χ1n) is 8.06. The van der Waals surface area contributed by atoms with E-state index in [0.29, 0.717) is 27.6 Å². The molecule has 2 atom stereocenters. The maximum atomic E-state index is 14.5. The Morgan fingerprint density at radius 2 is 2.00 bits per heavy atom. The number of hydrogen-bond donors (Lipinski definition) is 2. The number of hydrogen-bond acceptors (Lipinski definition) is 2. The largest absolute Gasteiger partial charge is 0.616 e. The van der Waals surface area contributed by atoms with Gasteiger partial charge in [0.25, 0.3) is 0 Å². The fourth-order valence-electron chi connectivity index (χ4n) is 3.30. The van der Waals surface area contributed by atoms with Crippen LogP contribution in [0.15, 0.2) is 36.5 Å². The van der Waals surface area contributed by atoms with Crippen LogP contribution in [-0.2, 0) is 16.9 Å². The minimum Gasteiger partial charge on any atom is -0.616 e. The van der Waals surface area contributed by atoms with E-state index in [-0.39, 0.29) is 23.8 Å². The van der Waals surface area contributed by atoms with Gasteiger partial charge in [0.05, 0.1) is 11.8 Å². The van der Waals surface area contributed by atoms with Crippen LogP contribution in [-0.4, -0.2) is 27.5 Å². The molecule has 3 nitrogen and oxygen atoms in total. The second-order valence-electron chi connectivity index (χ2n) is 6.18. The highest BCUT2D eigenvalue weighted by molar-refractivity contribution is 7.89. The van der Waals surface area contributed by atoms with E-state index in [1.165, 1.54) is 18.2 Å². The Labute approximate surface area is 158 Å². The first kappa shape index (κ1) is 19.2. The summed E-state index contributed by atoms with van der Waals surface area (Å²) in [6.07, 6.45) is 3.52. The number of aromatic amines is 1. The van der Waals surface area contributed by atoms with Gasteiger partial charge in [0.2, 0.25) is 0 Å². The number of H-pyrrole nitrogens is 1. The summed E-state index contributed by atoms with van der Waals surface area (Å²) in [6.45, 7) is -0.152. The number of nitrogens with one attached hydrogen (secondary N) is 1. The molecule has 0 amide bonds. The van der Waals surface area contributed by atoms with Gasteiger partial charge in [-0.15, -0.1) is 0 Å². The van der Waals surface area contributed by atoms with Crippen LogP contribution in [0.1, 0.15) is 29.0 Å². The monoisotopic (exact) mass is 397 g/mol. The molecule has 0 spiro atoms. The molecule has 3 rings (SSSR count). The van der Waals surface area contributed by atoms with Crippen LogP contribution >= 0.6 is 11.6 Å². The SMILES string of the molecule is C[S+]([O-])Cc1cc(F)cc2c(C(CCO)c3ccc(Cl)cc3F)c[nH]c12. The van der Waals surface area contributed by atoms with E-state index in [1.54, 1.807) is 24.6 Å². The summed E-state index contributed by atoms with van der Waals surface area (Å²) in [5, 5.41) is 10.3. The maximum Gasteiger partial charge on any atom is 0.132 e. The molecule has 0 aliphatic rings. The van der Waals surface area contributed by atoms with Gasteiger partial charge in [0.15, 0.2) is 0 Å². The highest BCUT2D eigenvalue weighted by Crippen LogP contribution is 2.36. The Hall–Kier alpha value is -1.60. The van der Waals surface area contributed by atoms with E-state index in [2.05, 4.69) is 4.98 Å². The van der Waals surface area contributed by atoms with Crippen LogP contribution in [0, 0.1) is 11.6 Å². The van der Waals surface area contributed by atoms with Crippen molar-refractivity contribution in [3.8, 4) is 0 Å². The first-order valence-corrected chi connectivity index (χ1v) is 10.2. The predicted octanol–water partition coefficient (Wildman–Crippen LogP) is 4.49. The minimum atomic E-state index is -1.13. The third-order valence-corrected chi connectivity index (χ3v) is 5.31. The number of fused-ring (bicyclic) bond motifs is 1. The smallest absolute Gasteiger partial charge is 0.132 e. The highest BCUT2D eigenvalue weighted by atomic mass is 35.5. The molecule has 26 heavy (non-hydrogen) atoms. The Morgan fingerprint density at radius 3 is 2.65 bits per heavy atom. The molecule has 0 aliphatic heterocycles. The summed E-state index contributed by atoms with van der Waals surface area (Å²) in [5.74, 6) is -1.17. The lowest BCUT2D eigenvalue weighted by molar-refractivity contribution is 0.281. The minimum absolute atomic E-state index is 0.152. The van der Waals surface area contributed by atoms with Crippen LogP contribution in [0.25, 0.3) is 10.9 Å². The zero-order chi connectivity index (χ0) is 18.8. The van der Waals surface area contributed by atoms with E-state index in [9.17, 15) is 18.4 Å². The summed E-state index contributed by atoms with van der Waals surface area (Å²) in [5.41, 5.74) is 2.34. The lowest BCUT2D eigenvalue weighted by Gasteiger charge is -2.17. The predicted molar refractivity (Wildman–Crippen MR) is 101 cm³/mol. The van der Waals surface area contributed by atoms with Gasteiger partial charge < -0.3 is 14.6 Å². The molecule has 0 aliphatic carbocycles. The van der Waals surface area contributed by atoms with Gasteiger partial charge in [0.1, 0.15) is 17.4 Å². The van der Waals surface area contributed by atoms with Gasteiger partial charge in [-0.05, 0) is 41.8 Å². The van der Waals surface area contributed by atoms with E-state index in [4.69, 9.17) is 11.6 Å². The summed E-state index contributed by atoms with van der Waals surface area (Å²) in [4.78, 5) is 3.10. The van der Waals surface area contributed by atoms with Gasteiger partial charge in [-0.3, -0.25) is 0 Å². The van der Waals surface area contributed by atoms with Gasteiger partial charge in [-0.2, -0.15) is 0 Å². The molecular weight excluding hydrogens is 380 g/mol. The van der Waals surface area contributed by atoms with Crippen molar-refractivity contribution in [3.63, 3.8) is 0 Å². The van der Waals surface area contributed by atoms with Crippen molar-refractivity contribution in [2.75, 3.05) is 12.9 Å². The average molecular weight is 398 g/mol. The summed E-state index contributed by atoms with van der Waals surface area (Å²) < 4.78 is 40.2. The summed E-state index contributed by atoms with van der Waals surface area (Å²) >= 11 is 4.71. The lowest BCUT2D eigenvalue weighted by atomic mass is 9.88. The van der Waals surface area contributed by atoms with Crippen LogP contribution in [0.2, 0.25) is 5.02 Å². The molecule has 0 saturated heterocycles. The quantitative estimate of drug-likeness (QED) is 0.602. The molecule has 7 heteroatoms. The number of halogens is 3. The van der Waals surface area contributed by atoms with E-state index < -0.39 is 28.7 Å². The molecule has 0 saturated carbocycles.